The van der Waals surface area contributed by atoms with E-state index in [9.17, 15) is 26.0 Å². The molecule has 3 rings (SSSR count). The van der Waals surface area contributed by atoms with Crippen molar-refractivity contribution in [3.8, 4) is 0 Å². The number of halogens is 1. The van der Waals surface area contributed by atoms with Crippen LogP contribution in [0.3, 0.4) is 0 Å². The molecule has 0 aromatic heterocycles. The summed E-state index contributed by atoms with van der Waals surface area (Å²) in [5.74, 6) is -1.48. The lowest BCUT2D eigenvalue weighted by Gasteiger charge is -2.22. The predicted molar refractivity (Wildman–Crippen MR) is 111 cm³/mol. The van der Waals surface area contributed by atoms with Gasteiger partial charge < -0.3 is 4.74 Å². The third kappa shape index (κ3) is 3.91. The van der Waals surface area contributed by atoms with Crippen LogP contribution in [0.25, 0.3) is 11.1 Å². The SMILES string of the molecule is Cc1cc(C2=C(c3ccc(S(C)(=O)=O)cc3F)C(C)(C)OC2=O)ccc1S(C)(=O)=O. The fourth-order valence-electron chi connectivity index (χ4n) is 3.61. The zero-order chi connectivity index (χ0) is 22.6. The molecule has 0 atom stereocenters. The van der Waals surface area contributed by atoms with Gasteiger partial charge in [0.1, 0.15) is 11.4 Å². The first-order valence-corrected chi connectivity index (χ1v) is 12.7. The number of hydrogen-bond acceptors (Lipinski definition) is 6. The van der Waals surface area contributed by atoms with Gasteiger partial charge in [0.25, 0.3) is 0 Å². The number of esters is 1. The summed E-state index contributed by atoms with van der Waals surface area (Å²) in [4.78, 5) is 12.6. The molecule has 0 bridgehead atoms. The molecule has 6 nitrogen and oxygen atoms in total. The summed E-state index contributed by atoms with van der Waals surface area (Å²) in [5.41, 5.74) is 0.0524. The average Bonchev–Trinajstić information content (AvgIpc) is 2.81. The Labute approximate surface area is 175 Å². The van der Waals surface area contributed by atoms with Crippen LogP contribution in [0.4, 0.5) is 4.39 Å². The highest BCUT2D eigenvalue weighted by Gasteiger charge is 2.42. The van der Waals surface area contributed by atoms with Gasteiger partial charge in [0.15, 0.2) is 19.7 Å². The van der Waals surface area contributed by atoms with Crippen LogP contribution in [-0.4, -0.2) is 40.9 Å². The molecule has 160 valence electrons. The van der Waals surface area contributed by atoms with E-state index in [0.717, 1.165) is 18.6 Å². The lowest BCUT2D eigenvalue weighted by atomic mass is 9.86. The fourth-order valence-corrected chi connectivity index (χ4v) is 5.20. The maximum atomic E-state index is 14.9. The number of cyclic esters (lactones) is 1. The predicted octanol–water partition coefficient (Wildman–Crippen LogP) is 3.19. The first-order chi connectivity index (χ1) is 13.6. The Kier molecular flexibility index (Phi) is 5.19. The highest BCUT2D eigenvalue weighted by atomic mass is 32.2. The second kappa shape index (κ2) is 7.02. The zero-order valence-corrected chi connectivity index (χ0v) is 18.7. The van der Waals surface area contributed by atoms with Crippen molar-refractivity contribution in [2.45, 2.75) is 36.2 Å². The van der Waals surface area contributed by atoms with Gasteiger partial charge in [0.2, 0.25) is 0 Å². The van der Waals surface area contributed by atoms with Crippen molar-refractivity contribution in [2.75, 3.05) is 12.5 Å². The zero-order valence-electron chi connectivity index (χ0n) is 17.1. The van der Waals surface area contributed by atoms with E-state index in [-0.39, 0.29) is 26.5 Å². The quantitative estimate of drug-likeness (QED) is 0.662. The van der Waals surface area contributed by atoms with Crippen molar-refractivity contribution in [1.82, 2.24) is 0 Å². The Balaban J connectivity index is 2.29. The number of carbonyl (C=O) groups excluding carboxylic acids is 1. The number of benzene rings is 2. The molecule has 1 heterocycles. The Morgan fingerprint density at radius 1 is 0.933 bits per heavy atom. The third-order valence-electron chi connectivity index (χ3n) is 4.91. The van der Waals surface area contributed by atoms with Crippen molar-refractivity contribution in [2.24, 2.45) is 0 Å². The van der Waals surface area contributed by atoms with Crippen LogP contribution >= 0.6 is 0 Å². The minimum absolute atomic E-state index is 0.0399. The highest BCUT2D eigenvalue weighted by Crippen LogP contribution is 2.45. The van der Waals surface area contributed by atoms with Gasteiger partial charge >= 0.3 is 5.97 Å². The molecule has 30 heavy (non-hydrogen) atoms. The molecule has 0 spiro atoms. The molecule has 0 fully saturated rings. The monoisotopic (exact) mass is 452 g/mol. The lowest BCUT2D eigenvalue weighted by molar-refractivity contribution is -0.141. The van der Waals surface area contributed by atoms with Gasteiger partial charge in [-0.1, -0.05) is 12.1 Å². The summed E-state index contributed by atoms with van der Waals surface area (Å²) in [6, 6.07) is 7.90. The highest BCUT2D eigenvalue weighted by molar-refractivity contribution is 7.91. The molecule has 0 amide bonds. The largest absolute Gasteiger partial charge is 0.451 e. The molecule has 0 N–H and O–H groups in total. The number of sulfone groups is 2. The summed E-state index contributed by atoms with van der Waals surface area (Å²) < 4.78 is 67.6. The minimum Gasteiger partial charge on any atom is -0.451 e. The van der Waals surface area contributed by atoms with Gasteiger partial charge in [-0.15, -0.1) is 0 Å². The smallest absolute Gasteiger partial charge is 0.340 e. The lowest BCUT2D eigenvalue weighted by Crippen LogP contribution is -2.23. The molecule has 0 saturated heterocycles. The topological polar surface area (TPSA) is 94.6 Å². The molecule has 0 radical (unpaired) electrons. The normalized spacial score (nSPS) is 16.7. The average molecular weight is 453 g/mol. The third-order valence-corrected chi connectivity index (χ3v) is 7.27. The van der Waals surface area contributed by atoms with Crippen LogP contribution < -0.4 is 0 Å². The summed E-state index contributed by atoms with van der Waals surface area (Å²) in [6.45, 7) is 4.82. The Hall–Kier alpha value is -2.52. The van der Waals surface area contributed by atoms with E-state index in [0.29, 0.717) is 11.1 Å². The van der Waals surface area contributed by atoms with Gasteiger partial charge in [0.05, 0.1) is 15.4 Å². The van der Waals surface area contributed by atoms with Gasteiger partial charge in [0, 0.05) is 23.6 Å². The number of ether oxygens (including phenoxy) is 1. The first-order valence-electron chi connectivity index (χ1n) is 8.92. The Morgan fingerprint density at radius 2 is 1.57 bits per heavy atom. The Bertz CT molecular complexity index is 1320. The van der Waals surface area contributed by atoms with E-state index in [1.807, 2.05) is 0 Å². The number of rotatable bonds is 4. The van der Waals surface area contributed by atoms with Crippen molar-refractivity contribution in [3.05, 3.63) is 58.9 Å². The summed E-state index contributed by atoms with van der Waals surface area (Å²) in [7, 11) is -7.06. The Morgan fingerprint density at radius 3 is 2.07 bits per heavy atom. The minimum atomic E-state index is -3.61. The standard InChI is InChI=1S/C21H21FO6S2/c1-12-10-13(6-9-17(12)30(5,26)27)18-19(21(2,3)28-20(18)23)15-8-7-14(11-16(15)22)29(4,24)25/h6-11H,1-5H3. The van der Waals surface area contributed by atoms with Crippen molar-refractivity contribution in [1.29, 1.82) is 0 Å². The van der Waals surface area contributed by atoms with E-state index in [2.05, 4.69) is 0 Å². The van der Waals surface area contributed by atoms with Crippen LogP contribution in [0.5, 0.6) is 0 Å². The summed E-state index contributed by atoms with van der Waals surface area (Å²) >= 11 is 0. The molecule has 0 aliphatic carbocycles. The molecule has 1 aliphatic rings. The van der Waals surface area contributed by atoms with Crippen molar-refractivity contribution in [3.63, 3.8) is 0 Å². The van der Waals surface area contributed by atoms with Gasteiger partial charge in [-0.05, 0) is 56.2 Å². The van der Waals surface area contributed by atoms with Crippen LogP contribution in [0.15, 0.2) is 46.2 Å². The van der Waals surface area contributed by atoms with Crippen LogP contribution in [0.1, 0.15) is 30.5 Å². The molecule has 0 unspecified atom stereocenters. The van der Waals surface area contributed by atoms with E-state index in [1.165, 1.54) is 30.3 Å². The second-order valence-electron chi connectivity index (χ2n) is 7.82. The molecule has 9 heteroatoms. The molecular formula is C21H21FO6S2. The summed E-state index contributed by atoms with van der Waals surface area (Å²) in [5, 5.41) is 0. The van der Waals surface area contributed by atoms with E-state index in [4.69, 9.17) is 4.74 Å². The number of aryl methyl sites for hydroxylation is 1. The molecule has 2 aromatic rings. The van der Waals surface area contributed by atoms with Gasteiger partial charge in [-0.2, -0.15) is 0 Å². The van der Waals surface area contributed by atoms with Gasteiger partial charge in [-0.25, -0.2) is 26.0 Å². The van der Waals surface area contributed by atoms with Crippen molar-refractivity contribution < 1.29 is 30.8 Å². The molecule has 1 aliphatic heterocycles. The van der Waals surface area contributed by atoms with E-state index >= 15 is 0 Å². The fraction of sp³-hybridized carbons (Fsp3) is 0.286. The maximum Gasteiger partial charge on any atom is 0.340 e. The first kappa shape index (κ1) is 22.2. The van der Waals surface area contributed by atoms with Crippen LogP contribution in [0.2, 0.25) is 0 Å². The number of hydrogen-bond donors (Lipinski definition) is 0. The molecular weight excluding hydrogens is 431 g/mol. The summed E-state index contributed by atoms with van der Waals surface area (Å²) in [6.07, 6.45) is 2.07. The second-order valence-corrected chi connectivity index (χ2v) is 11.8. The van der Waals surface area contributed by atoms with E-state index in [1.54, 1.807) is 20.8 Å². The van der Waals surface area contributed by atoms with E-state index < -0.39 is 37.1 Å². The molecule has 2 aromatic carbocycles. The van der Waals surface area contributed by atoms with Crippen LogP contribution in [0, 0.1) is 12.7 Å². The number of carbonyl (C=O) groups is 1. The van der Waals surface area contributed by atoms with Crippen molar-refractivity contribution >= 4 is 36.8 Å². The van der Waals surface area contributed by atoms with Crippen LogP contribution in [-0.2, 0) is 29.2 Å². The maximum absolute atomic E-state index is 14.9. The van der Waals surface area contributed by atoms with Gasteiger partial charge in [-0.3, -0.25) is 0 Å². The molecule has 0 saturated carbocycles.